The van der Waals surface area contributed by atoms with Crippen LogP contribution >= 0.6 is 0 Å². The van der Waals surface area contributed by atoms with E-state index in [1.54, 1.807) is 43.4 Å². The molecular formula is C19H22N6O2. The van der Waals surface area contributed by atoms with Crippen molar-refractivity contribution in [2.45, 2.75) is 18.9 Å². The van der Waals surface area contributed by atoms with Crippen LogP contribution in [0.5, 0.6) is 0 Å². The fourth-order valence-electron chi connectivity index (χ4n) is 3.79. The lowest BCUT2D eigenvalue weighted by atomic mass is 10.1. The van der Waals surface area contributed by atoms with Gasteiger partial charge in [0.1, 0.15) is 11.4 Å². The maximum Gasteiger partial charge on any atom is 0.263 e. The van der Waals surface area contributed by atoms with Crippen LogP contribution in [-0.4, -0.2) is 55.0 Å². The molecule has 1 saturated heterocycles. The summed E-state index contributed by atoms with van der Waals surface area (Å²) in [4.78, 5) is 38.1. The Labute approximate surface area is 157 Å². The highest BCUT2D eigenvalue weighted by Crippen LogP contribution is 2.34. The summed E-state index contributed by atoms with van der Waals surface area (Å²) in [5.74, 6) is 0.870. The van der Waals surface area contributed by atoms with Crippen molar-refractivity contribution >= 4 is 29.3 Å². The standard InChI is InChI=1S/C19H22N6O2/c1-20-17(26)12-5-3-6-13(9-12)25-11-14-7-4-8-24(14)16-15(18(25)27)10-22-19(21-2)23-16/h3,5-6,9-10,14H,4,7-8,11H2,1-2H3,(H,20,26)(H,21,22,23)/t14-/m0/s1. The molecule has 1 aromatic heterocycles. The number of benzene rings is 1. The summed E-state index contributed by atoms with van der Waals surface area (Å²) in [7, 11) is 3.35. The Hall–Kier alpha value is -3.16. The van der Waals surface area contributed by atoms with E-state index >= 15 is 0 Å². The van der Waals surface area contributed by atoms with Crippen molar-refractivity contribution in [3.63, 3.8) is 0 Å². The second kappa shape index (κ2) is 6.86. The van der Waals surface area contributed by atoms with Crippen LogP contribution in [0.3, 0.4) is 0 Å². The summed E-state index contributed by atoms with van der Waals surface area (Å²) in [5, 5.41) is 5.57. The van der Waals surface area contributed by atoms with Crippen LogP contribution in [0.1, 0.15) is 33.6 Å². The molecule has 1 aromatic carbocycles. The molecule has 140 valence electrons. The Balaban J connectivity index is 1.79. The number of hydrogen-bond donors (Lipinski definition) is 2. The molecule has 27 heavy (non-hydrogen) atoms. The van der Waals surface area contributed by atoms with Crippen molar-refractivity contribution in [2.24, 2.45) is 0 Å². The highest BCUT2D eigenvalue weighted by atomic mass is 16.2. The molecule has 4 rings (SSSR count). The smallest absolute Gasteiger partial charge is 0.263 e. The van der Waals surface area contributed by atoms with Crippen LogP contribution in [0, 0.1) is 0 Å². The Kier molecular flexibility index (Phi) is 4.39. The van der Waals surface area contributed by atoms with Crippen molar-refractivity contribution < 1.29 is 9.59 Å². The van der Waals surface area contributed by atoms with Gasteiger partial charge in [0, 0.05) is 50.7 Å². The normalized spacial score (nSPS) is 18.6. The number of rotatable bonds is 3. The molecule has 2 amide bonds. The highest BCUT2D eigenvalue weighted by molar-refractivity contribution is 6.10. The van der Waals surface area contributed by atoms with E-state index in [9.17, 15) is 9.59 Å². The lowest BCUT2D eigenvalue weighted by molar-refractivity contribution is 0.0959. The summed E-state index contributed by atoms with van der Waals surface area (Å²) < 4.78 is 0. The Morgan fingerprint density at radius 3 is 2.93 bits per heavy atom. The first-order valence-electron chi connectivity index (χ1n) is 9.08. The largest absolute Gasteiger partial charge is 0.357 e. The minimum Gasteiger partial charge on any atom is -0.357 e. The average molecular weight is 366 g/mol. The summed E-state index contributed by atoms with van der Waals surface area (Å²) in [6, 6.07) is 7.34. The van der Waals surface area contributed by atoms with E-state index in [4.69, 9.17) is 0 Å². The Morgan fingerprint density at radius 1 is 1.30 bits per heavy atom. The molecule has 8 heteroatoms. The summed E-state index contributed by atoms with van der Waals surface area (Å²) in [5.41, 5.74) is 1.72. The molecule has 0 saturated carbocycles. The maximum atomic E-state index is 13.3. The van der Waals surface area contributed by atoms with Gasteiger partial charge in [0.05, 0.1) is 0 Å². The molecule has 0 radical (unpaired) electrons. The first-order valence-corrected chi connectivity index (χ1v) is 9.08. The molecule has 0 bridgehead atoms. The van der Waals surface area contributed by atoms with Crippen molar-refractivity contribution in [3.8, 4) is 0 Å². The number of anilines is 3. The molecule has 8 nitrogen and oxygen atoms in total. The number of nitrogens with one attached hydrogen (secondary N) is 2. The maximum absolute atomic E-state index is 13.3. The molecule has 0 aliphatic carbocycles. The van der Waals surface area contributed by atoms with E-state index in [1.807, 2.05) is 6.07 Å². The summed E-state index contributed by atoms with van der Waals surface area (Å²) >= 11 is 0. The molecular weight excluding hydrogens is 344 g/mol. The lowest BCUT2D eigenvalue weighted by Crippen LogP contribution is -2.39. The van der Waals surface area contributed by atoms with Gasteiger partial charge in [-0.2, -0.15) is 4.98 Å². The third kappa shape index (κ3) is 2.97. The van der Waals surface area contributed by atoms with E-state index in [0.717, 1.165) is 19.4 Å². The van der Waals surface area contributed by atoms with Gasteiger partial charge in [0.15, 0.2) is 0 Å². The van der Waals surface area contributed by atoms with Gasteiger partial charge in [-0.1, -0.05) is 6.07 Å². The van der Waals surface area contributed by atoms with Gasteiger partial charge in [-0.3, -0.25) is 9.59 Å². The van der Waals surface area contributed by atoms with E-state index in [-0.39, 0.29) is 17.9 Å². The Morgan fingerprint density at radius 2 is 2.15 bits per heavy atom. The molecule has 0 spiro atoms. The van der Waals surface area contributed by atoms with Gasteiger partial charge in [-0.05, 0) is 31.0 Å². The predicted molar refractivity (Wildman–Crippen MR) is 103 cm³/mol. The van der Waals surface area contributed by atoms with Crippen LogP contribution in [0.2, 0.25) is 0 Å². The molecule has 2 aromatic rings. The zero-order valence-corrected chi connectivity index (χ0v) is 15.4. The number of aromatic nitrogens is 2. The minimum absolute atomic E-state index is 0.142. The molecule has 2 aliphatic heterocycles. The molecule has 0 unspecified atom stereocenters. The minimum atomic E-state index is -0.177. The van der Waals surface area contributed by atoms with Crippen LogP contribution < -0.4 is 20.4 Å². The molecule has 1 fully saturated rings. The van der Waals surface area contributed by atoms with Crippen molar-refractivity contribution in [1.29, 1.82) is 0 Å². The average Bonchev–Trinajstić information content (AvgIpc) is 3.14. The molecule has 2 N–H and O–H groups in total. The fraction of sp³-hybridized carbons (Fsp3) is 0.368. The number of carbonyl (C=O) groups excluding carboxylic acids is 2. The van der Waals surface area contributed by atoms with Gasteiger partial charge >= 0.3 is 0 Å². The van der Waals surface area contributed by atoms with Crippen LogP contribution in [-0.2, 0) is 0 Å². The molecule has 3 heterocycles. The topological polar surface area (TPSA) is 90.5 Å². The molecule has 1 atom stereocenters. The first-order chi connectivity index (χ1) is 13.1. The van der Waals surface area contributed by atoms with Crippen LogP contribution in [0.25, 0.3) is 0 Å². The van der Waals surface area contributed by atoms with Crippen LogP contribution in [0.4, 0.5) is 17.5 Å². The van der Waals surface area contributed by atoms with E-state index in [1.165, 1.54) is 0 Å². The predicted octanol–water partition coefficient (Wildman–Crippen LogP) is 1.51. The second-order valence-corrected chi connectivity index (χ2v) is 6.72. The number of hydrogen-bond acceptors (Lipinski definition) is 6. The monoisotopic (exact) mass is 366 g/mol. The van der Waals surface area contributed by atoms with Gasteiger partial charge in [0.25, 0.3) is 11.8 Å². The van der Waals surface area contributed by atoms with Crippen molar-refractivity contribution in [1.82, 2.24) is 15.3 Å². The summed E-state index contributed by atoms with van der Waals surface area (Å²) in [6.07, 6.45) is 3.65. The van der Waals surface area contributed by atoms with E-state index in [2.05, 4.69) is 25.5 Å². The SMILES string of the molecule is CNC(=O)c1cccc(N2C[C@@H]3CCCN3c3nc(NC)ncc3C2=O)c1. The molecule has 2 aliphatic rings. The lowest BCUT2D eigenvalue weighted by Gasteiger charge is -2.27. The quantitative estimate of drug-likeness (QED) is 0.856. The van der Waals surface area contributed by atoms with Crippen molar-refractivity contribution in [3.05, 3.63) is 41.6 Å². The van der Waals surface area contributed by atoms with E-state index < -0.39 is 0 Å². The fourth-order valence-corrected chi connectivity index (χ4v) is 3.79. The van der Waals surface area contributed by atoms with Gasteiger partial charge in [-0.15, -0.1) is 0 Å². The second-order valence-electron chi connectivity index (χ2n) is 6.72. The van der Waals surface area contributed by atoms with Crippen molar-refractivity contribution in [2.75, 3.05) is 42.3 Å². The van der Waals surface area contributed by atoms with Crippen LogP contribution in [0.15, 0.2) is 30.5 Å². The van der Waals surface area contributed by atoms with Gasteiger partial charge in [0.2, 0.25) is 5.95 Å². The zero-order valence-electron chi connectivity index (χ0n) is 15.4. The Bertz CT molecular complexity index is 900. The van der Waals surface area contributed by atoms with Gasteiger partial charge < -0.3 is 20.4 Å². The highest BCUT2D eigenvalue weighted by Gasteiger charge is 2.37. The van der Waals surface area contributed by atoms with E-state index in [0.29, 0.717) is 35.1 Å². The third-order valence-electron chi connectivity index (χ3n) is 5.16. The number of nitrogens with zero attached hydrogens (tertiary/aromatic N) is 4. The van der Waals surface area contributed by atoms with Gasteiger partial charge in [-0.25, -0.2) is 4.98 Å². The number of carbonyl (C=O) groups is 2. The number of fused-ring (bicyclic) bond motifs is 3. The summed E-state index contributed by atoms with van der Waals surface area (Å²) in [6.45, 7) is 1.43. The number of amides is 2. The third-order valence-corrected chi connectivity index (χ3v) is 5.16. The first kappa shape index (κ1) is 17.3. The zero-order chi connectivity index (χ0) is 19.0.